The average molecular weight is 347 g/mol. The summed E-state index contributed by atoms with van der Waals surface area (Å²) in [6.45, 7) is 4.67. The predicted molar refractivity (Wildman–Crippen MR) is 83.0 cm³/mol. The van der Waals surface area contributed by atoms with Crippen LogP contribution in [-0.4, -0.2) is 26.9 Å². The average Bonchev–Trinajstić information content (AvgIpc) is 2.47. The third kappa shape index (κ3) is 3.63. The molecule has 0 heterocycles. The van der Waals surface area contributed by atoms with Crippen molar-refractivity contribution in [3.8, 4) is 11.5 Å². The van der Waals surface area contributed by atoms with Crippen LogP contribution in [0.5, 0.6) is 11.5 Å². The molecule has 0 aromatic heterocycles. The summed E-state index contributed by atoms with van der Waals surface area (Å²) in [5.41, 5.74) is 3.76. The summed E-state index contributed by atoms with van der Waals surface area (Å²) >= 11 is 3.50. The molecule has 0 spiro atoms. The molecule has 0 aliphatic heterocycles. The van der Waals surface area contributed by atoms with Gasteiger partial charge in [0.1, 0.15) is 16.0 Å². The van der Waals surface area contributed by atoms with Crippen molar-refractivity contribution in [3.05, 3.63) is 22.2 Å². The molecule has 0 bridgehead atoms. The topological polar surface area (TPSA) is 65.7 Å². The van der Waals surface area contributed by atoms with Crippen LogP contribution in [0.3, 0.4) is 0 Å². The highest BCUT2D eigenvalue weighted by molar-refractivity contribution is 9.10. The Labute approximate surface area is 128 Å². The lowest BCUT2D eigenvalue weighted by Crippen LogP contribution is -2.38. The van der Waals surface area contributed by atoms with Gasteiger partial charge in [0.2, 0.25) is 0 Å². The van der Waals surface area contributed by atoms with Gasteiger partial charge in [0.15, 0.2) is 0 Å². The molecule has 6 heteroatoms. The Bertz CT molecular complexity index is 429. The minimum absolute atomic E-state index is 0.0285. The lowest BCUT2D eigenvalue weighted by Gasteiger charge is -2.27. The number of hydrogen-bond donors (Lipinski definition) is 2. The normalized spacial score (nSPS) is 13.9. The summed E-state index contributed by atoms with van der Waals surface area (Å²) in [6.07, 6.45) is 0.814. The molecule has 0 fully saturated rings. The summed E-state index contributed by atoms with van der Waals surface area (Å²) in [6, 6.07) is 3.66. The lowest BCUT2D eigenvalue weighted by atomic mass is 9.99. The highest BCUT2D eigenvalue weighted by Crippen LogP contribution is 2.40. The molecule has 0 aliphatic carbocycles. The van der Waals surface area contributed by atoms with Crippen molar-refractivity contribution < 1.29 is 14.2 Å². The van der Waals surface area contributed by atoms with Crippen LogP contribution < -0.4 is 20.7 Å². The van der Waals surface area contributed by atoms with Crippen molar-refractivity contribution in [2.45, 2.75) is 32.4 Å². The molecule has 0 radical (unpaired) electrons. The maximum atomic E-state index is 5.75. The van der Waals surface area contributed by atoms with Gasteiger partial charge in [-0.1, -0.05) is 6.92 Å². The van der Waals surface area contributed by atoms with Crippen LogP contribution in [0.15, 0.2) is 16.6 Å². The van der Waals surface area contributed by atoms with Gasteiger partial charge in [-0.3, -0.25) is 11.3 Å². The molecule has 2 unspecified atom stereocenters. The number of ether oxygens (including phenoxy) is 3. The number of hydrazine groups is 1. The minimum Gasteiger partial charge on any atom is -0.495 e. The van der Waals surface area contributed by atoms with E-state index in [1.165, 1.54) is 0 Å². The maximum Gasteiger partial charge on any atom is 0.141 e. The van der Waals surface area contributed by atoms with Crippen molar-refractivity contribution in [3.63, 3.8) is 0 Å². The molecule has 0 saturated heterocycles. The number of hydrogen-bond acceptors (Lipinski definition) is 5. The van der Waals surface area contributed by atoms with Crippen LogP contribution >= 0.6 is 15.9 Å². The van der Waals surface area contributed by atoms with Gasteiger partial charge >= 0.3 is 0 Å². The first-order chi connectivity index (χ1) is 9.64. The molecule has 1 aromatic rings. The first-order valence-corrected chi connectivity index (χ1v) is 7.41. The van der Waals surface area contributed by atoms with E-state index < -0.39 is 0 Å². The second-order valence-corrected chi connectivity index (χ2v) is 5.04. The van der Waals surface area contributed by atoms with Crippen LogP contribution in [-0.2, 0) is 4.74 Å². The molecular weight excluding hydrogens is 324 g/mol. The van der Waals surface area contributed by atoms with Crippen LogP contribution in [0.2, 0.25) is 0 Å². The number of nitrogens with one attached hydrogen (secondary N) is 1. The van der Waals surface area contributed by atoms with Gasteiger partial charge in [-0.2, -0.15) is 0 Å². The van der Waals surface area contributed by atoms with Crippen molar-refractivity contribution >= 4 is 15.9 Å². The van der Waals surface area contributed by atoms with Crippen LogP contribution in [0.25, 0.3) is 0 Å². The summed E-state index contributed by atoms with van der Waals surface area (Å²) in [5.74, 6) is 7.14. The fourth-order valence-electron chi connectivity index (χ4n) is 2.22. The quantitative estimate of drug-likeness (QED) is 0.559. The summed E-state index contributed by atoms with van der Waals surface area (Å²) in [4.78, 5) is 0. The van der Waals surface area contributed by atoms with Crippen molar-refractivity contribution in [1.82, 2.24) is 5.43 Å². The van der Waals surface area contributed by atoms with E-state index in [2.05, 4.69) is 28.3 Å². The highest BCUT2D eigenvalue weighted by Gasteiger charge is 2.26. The summed E-state index contributed by atoms with van der Waals surface area (Å²) in [5, 5.41) is 0. The zero-order valence-electron chi connectivity index (χ0n) is 12.4. The molecule has 1 aromatic carbocycles. The fourth-order valence-corrected chi connectivity index (χ4v) is 2.91. The van der Waals surface area contributed by atoms with Gasteiger partial charge < -0.3 is 14.2 Å². The van der Waals surface area contributed by atoms with E-state index in [9.17, 15) is 0 Å². The first kappa shape index (κ1) is 17.2. The van der Waals surface area contributed by atoms with E-state index >= 15 is 0 Å². The Hall–Kier alpha value is -0.820. The molecule has 1 rings (SSSR count). The first-order valence-electron chi connectivity index (χ1n) is 6.62. The molecule has 0 saturated carbocycles. The number of benzene rings is 1. The molecule has 20 heavy (non-hydrogen) atoms. The Morgan fingerprint density at radius 3 is 2.40 bits per heavy atom. The molecule has 114 valence electrons. The largest absolute Gasteiger partial charge is 0.495 e. The second kappa shape index (κ2) is 8.46. The van der Waals surface area contributed by atoms with Crippen LogP contribution in [0.4, 0.5) is 0 Å². The Kier molecular flexibility index (Phi) is 7.29. The zero-order chi connectivity index (χ0) is 15.1. The van der Waals surface area contributed by atoms with E-state index in [4.69, 9.17) is 20.1 Å². The van der Waals surface area contributed by atoms with Gasteiger partial charge in [0.05, 0.1) is 26.4 Å². The van der Waals surface area contributed by atoms with Crippen molar-refractivity contribution in [1.29, 1.82) is 0 Å². The highest BCUT2D eigenvalue weighted by atomic mass is 79.9. The Morgan fingerprint density at radius 2 is 1.95 bits per heavy atom. The van der Waals surface area contributed by atoms with E-state index in [0.29, 0.717) is 18.1 Å². The Morgan fingerprint density at radius 1 is 1.25 bits per heavy atom. The van der Waals surface area contributed by atoms with Gasteiger partial charge in [-0.25, -0.2) is 0 Å². The number of nitrogens with two attached hydrogens (primary N) is 1. The number of methoxy groups -OCH3 is 2. The van der Waals surface area contributed by atoms with Crippen molar-refractivity contribution in [2.75, 3.05) is 20.8 Å². The van der Waals surface area contributed by atoms with Gasteiger partial charge in [0, 0.05) is 12.2 Å². The monoisotopic (exact) mass is 346 g/mol. The van der Waals surface area contributed by atoms with Gasteiger partial charge in [-0.15, -0.1) is 0 Å². The second-order valence-electron chi connectivity index (χ2n) is 4.25. The predicted octanol–water partition coefficient (Wildman–Crippen LogP) is 2.79. The van der Waals surface area contributed by atoms with Gasteiger partial charge in [0.25, 0.3) is 0 Å². The van der Waals surface area contributed by atoms with Gasteiger partial charge in [-0.05, 0) is 41.4 Å². The molecule has 3 N–H and O–H groups in total. The smallest absolute Gasteiger partial charge is 0.141 e. The molecule has 2 atom stereocenters. The SMILES string of the molecule is CCOC(CC)C(NN)c1ccc(OC)c(Br)c1OC. The standard InChI is InChI=1S/C14H23BrN2O3/c1-5-10(20-6-2)13(17-16)9-7-8-11(18-3)12(15)14(9)19-4/h7-8,10,13,17H,5-6,16H2,1-4H3. The minimum atomic E-state index is -0.155. The third-order valence-corrected chi connectivity index (χ3v) is 3.94. The van der Waals surface area contributed by atoms with Crippen LogP contribution in [0, 0.1) is 0 Å². The van der Waals surface area contributed by atoms with E-state index in [-0.39, 0.29) is 12.1 Å². The van der Waals surface area contributed by atoms with Crippen LogP contribution in [0.1, 0.15) is 31.9 Å². The molecular formula is C14H23BrN2O3. The maximum absolute atomic E-state index is 5.75. The zero-order valence-corrected chi connectivity index (χ0v) is 14.0. The lowest BCUT2D eigenvalue weighted by molar-refractivity contribution is 0.0307. The molecule has 0 amide bonds. The number of rotatable bonds is 8. The third-order valence-electron chi connectivity index (χ3n) is 3.19. The molecule has 0 aliphatic rings. The summed E-state index contributed by atoms with van der Waals surface area (Å²) in [7, 11) is 3.24. The molecule has 5 nitrogen and oxygen atoms in total. The number of halogens is 1. The Balaban J connectivity index is 3.24. The van der Waals surface area contributed by atoms with E-state index in [0.717, 1.165) is 16.5 Å². The summed E-state index contributed by atoms with van der Waals surface area (Å²) < 4.78 is 17.3. The van der Waals surface area contributed by atoms with Crippen molar-refractivity contribution in [2.24, 2.45) is 5.84 Å². The fraction of sp³-hybridized carbons (Fsp3) is 0.571. The van der Waals surface area contributed by atoms with E-state index in [1.807, 2.05) is 19.1 Å². The van der Waals surface area contributed by atoms with E-state index in [1.54, 1.807) is 14.2 Å².